The second-order valence-corrected chi connectivity index (χ2v) is 8.88. The standard InChI is InChI=1S/C29H26N2O6/c1-5-15-36-23-9-7-19(17-21(23)30-25(32)11-12-26(30)33)29(3,4)20-8-10-24(37-16-6-2)22(18-20)31-27(34)13-14-28(31)35/h5-14,17-18H,1-2,15-16H2,3-4H3. The van der Waals surface area contributed by atoms with E-state index in [4.69, 9.17) is 9.47 Å². The molecule has 0 unspecified atom stereocenters. The van der Waals surface area contributed by atoms with Crippen molar-refractivity contribution < 1.29 is 28.7 Å². The summed E-state index contributed by atoms with van der Waals surface area (Å²) in [4.78, 5) is 52.0. The minimum Gasteiger partial charge on any atom is -0.487 e. The Hall–Kier alpha value is -4.72. The first-order valence-electron chi connectivity index (χ1n) is 11.6. The van der Waals surface area contributed by atoms with Crippen molar-refractivity contribution in [2.24, 2.45) is 0 Å². The summed E-state index contributed by atoms with van der Waals surface area (Å²) < 4.78 is 11.5. The number of rotatable bonds is 10. The molecule has 0 saturated heterocycles. The van der Waals surface area contributed by atoms with Crippen molar-refractivity contribution in [3.05, 3.63) is 97.1 Å². The molecule has 0 N–H and O–H groups in total. The van der Waals surface area contributed by atoms with Crippen LogP contribution < -0.4 is 19.3 Å². The van der Waals surface area contributed by atoms with Crippen LogP contribution in [0.2, 0.25) is 0 Å². The first-order chi connectivity index (χ1) is 17.7. The van der Waals surface area contributed by atoms with Gasteiger partial charge in [-0.15, -0.1) is 0 Å². The Morgan fingerprint density at radius 2 is 1.03 bits per heavy atom. The maximum absolute atomic E-state index is 12.5. The molecule has 8 nitrogen and oxygen atoms in total. The number of amides is 4. The lowest BCUT2D eigenvalue weighted by atomic mass is 9.77. The third kappa shape index (κ3) is 4.73. The Morgan fingerprint density at radius 3 is 1.35 bits per heavy atom. The molecule has 8 heteroatoms. The van der Waals surface area contributed by atoms with Crippen LogP contribution in [0.4, 0.5) is 11.4 Å². The molecule has 0 fully saturated rings. The summed E-state index contributed by atoms with van der Waals surface area (Å²) in [5, 5.41) is 0. The summed E-state index contributed by atoms with van der Waals surface area (Å²) in [6.45, 7) is 11.6. The fourth-order valence-corrected chi connectivity index (χ4v) is 4.15. The first kappa shape index (κ1) is 25.4. The Labute approximate surface area is 214 Å². The quantitative estimate of drug-likeness (QED) is 0.363. The second-order valence-electron chi connectivity index (χ2n) is 8.88. The van der Waals surface area contributed by atoms with Gasteiger partial charge in [0.05, 0.1) is 11.4 Å². The van der Waals surface area contributed by atoms with Crippen molar-refractivity contribution in [1.82, 2.24) is 0 Å². The van der Waals surface area contributed by atoms with Crippen LogP contribution in [0.15, 0.2) is 86.0 Å². The molecule has 4 rings (SSSR count). The van der Waals surface area contributed by atoms with Gasteiger partial charge >= 0.3 is 0 Å². The van der Waals surface area contributed by atoms with Gasteiger partial charge in [0.1, 0.15) is 24.7 Å². The number of ether oxygens (including phenoxy) is 2. The smallest absolute Gasteiger partial charge is 0.258 e. The molecule has 0 radical (unpaired) electrons. The predicted octanol–water partition coefficient (Wildman–Crippen LogP) is 4.00. The molecular formula is C29H26N2O6. The van der Waals surface area contributed by atoms with Crippen LogP contribution in [0.25, 0.3) is 0 Å². The van der Waals surface area contributed by atoms with Crippen molar-refractivity contribution in [2.45, 2.75) is 19.3 Å². The van der Waals surface area contributed by atoms with Gasteiger partial charge in [-0.25, -0.2) is 9.80 Å². The minimum atomic E-state index is -0.685. The Balaban J connectivity index is 1.80. The number of benzene rings is 2. The van der Waals surface area contributed by atoms with E-state index in [1.54, 1.807) is 36.4 Å². The number of carbonyl (C=O) groups is 4. The summed E-state index contributed by atoms with van der Waals surface area (Å²) >= 11 is 0. The summed E-state index contributed by atoms with van der Waals surface area (Å²) in [6.07, 6.45) is 7.99. The number of carbonyl (C=O) groups excluding carboxylic acids is 4. The Kier molecular flexibility index (Phi) is 6.93. The van der Waals surface area contributed by atoms with Crippen molar-refractivity contribution in [1.29, 1.82) is 0 Å². The molecule has 0 saturated carbocycles. The summed E-state index contributed by atoms with van der Waals surface area (Å²) in [5.74, 6) is -1.14. The summed E-state index contributed by atoms with van der Waals surface area (Å²) in [6, 6.07) is 10.6. The zero-order valence-corrected chi connectivity index (χ0v) is 20.6. The molecule has 0 aliphatic carbocycles. The highest BCUT2D eigenvalue weighted by atomic mass is 16.5. The molecule has 2 heterocycles. The number of anilines is 2. The van der Waals surface area contributed by atoms with Gasteiger partial charge in [0, 0.05) is 29.7 Å². The zero-order valence-electron chi connectivity index (χ0n) is 20.6. The zero-order chi connectivity index (χ0) is 26.7. The lowest BCUT2D eigenvalue weighted by Gasteiger charge is -2.30. The maximum Gasteiger partial charge on any atom is 0.258 e. The van der Waals surface area contributed by atoms with Gasteiger partial charge in [0.15, 0.2) is 0 Å². The largest absolute Gasteiger partial charge is 0.487 e. The topological polar surface area (TPSA) is 93.2 Å². The molecule has 2 aliphatic heterocycles. The van der Waals surface area contributed by atoms with E-state index >= 15 is 0 Å². The van der Waals surface area contributed by atoms with Gasteiger partial charge in [0.25, 0.3) is 23.6 Å². The first-order valence-corrected chi connectivity index (χ1v) is 11.6. The molecule has 0 spiro atoms. The molecule has 0 atom stereocenters. The fraction of sp³-hybridized carbons (Fsp3) is 0.172. The molecule has 37 heavy (non-hydrogen) atoms. The lowest BCUT2D eigenvalue weighted by molar-refractivity contribution is -0.121. The summed E-state index contributed by atoms with van der Waals surface area (Å²) in [5.41, 5.74) is 1.48. The van der Waals surface area contributed by atoms with Crippen LogP contribution in [0.1, 0.15) is 25.0 Å². The second kappa shape index (κ2) is 10.1. The average Bonchev–Trinajstić information content (AvgIpc) is 3.40. The molecule has 2 aromatic carbocycles. The maximum atomic E-state index is 12.5. The molecular weight excluding hydrogens is 472 g/mol. The van der Waals surface area contributed by atoms with Gasteiger partial charge in [-0.1, -0.05) is 51.3 Å². The highest BCUT2D eigenvalue weighted by Crippen LogP contribution is 2.41. The van der Waals surface area contributed by atoms with Crippen LogP contribution in [0, 0.1) is 0 Å². The van der Waals surface area contributed by atoms with E-state index < -0.39 is 29.0 Å². The molecule has 2 aromatic rings. The van der Waals surface area contributed by atoms with Crippen LogP contribution >= 0.6 is 0 Å². The minimum absolute atomic E-state index is 0.195. The van der Waals surface area contributed by atoms with E-state index in [1.807, 2.05) is 26.0 Å². The third-order valence-corrected chi connectivity index (χ3v) is 6.17. The van der Waals surface area contributed by atoms with Crippen LogP contribution in [0.3, 0.4) is 0 Å². The normalized spacial score (nSPS) is 15.1. The van der Waals surface area contributed by atoms with Gasteiger partial charge in [0.2, 0.25) is 0 Å². The lowest BCUT2D eigenvalue weighted by Crippen LogP contribution is -2.31. The van der Waals surface area contributed by atoms with Crippen LogP contribution in [-0.4, -0.2) is 36.8 Å². The van der Waals surface area contributed by atoms with E-state index in [9.17, 15) is 19.2 Å². The molecule has 0 bridgehead atoms. The molecule has 4 amide bonds. The fourth-order valence-electron chi connectivity index (χ4n) is 4.15. The number of imide groups is 2. The SMILES string of the molecule is C=CCOc1ccc(C(C)(C)c2ccc(OCC=C)c(N3C(=O)C=CC3=O)c2)cc1N1C(=O)C=CC1=O. The van der Waals surface area contributed by atoms with Gasteiger partial charge < -0.3 is 9.47 Å². The van der Waals surface area contributed by atoms with E-state index in [0.717, 1.165) is 20.9 Å². The van der Waals surface area contributed by atoms with Crippen molar-refractivity contribution >= 4 is 35.0 Å². The average molecular weight is 499 g/mol. The Morgan fingerprint density at radius 1 is 0.676 bits per heavy atom. The van der Waals surface area contributed by atoms with E-state index in [0.29, 0.717) is 22.9 Å². The van der Waals surface area contributed by atoms with Gasteiger partial charge in [-0.05, 0) is 35.4 Å². The Bertz CT molecular complexity index is 1250. The summed E-state index contributed by atoms with van der Waals surface area (Å²) in [7, 11) is 0. The molecule has 2 aliphatic rings. The van der Waals surface area contributed by atoms with E-state index in [1.165, 1.54) is 24.3 Å². The monoisotopic (exact) mass is 498 g/mol. The van der Waals surface area contributed by atoms with E-state index in [-0.39, 0.29) is 13.2 Å². The number of hydrogen-bond donors (Lipinski definition) is 0. The van der Waals surface area contributed by atoms with Gasteiger partial charge in [-0.2, -0.15) is 0 Å². The predicted molar refractivity (Wildman–Crippen MR) is 140 cm³/mol. The molecule has 188 valence electrons. The van der Waals surface area contributed by atoms with Crippen molar-refractivity contribution in [3.8, 4) is 11.5 Å². The van der Waals surface area contributed by atoms with Crippen molar-refractivity contribution in [2.75, 3.05) is 23.0 Å². The van der Waals surface area contributed by atoms with Crippen LogP contribution in [0.5, 0.6) is 11.5 Å². The number of hydrogen-bond acceptors (Lipinski definition) is 6. The number of nitrogens with zero attached hydrogens (tertiary/aromatic N) is 2. The van der Waals surface area contributed by atoms with E-state index in [2.05, 4.69) is 13.2 Å². The van der Waals surface area contributed by atoms with Gasteiger partial charge in [-0.3, -0.25) is 19.2 Å². The van der Waals surface area contributed by atoms with Crippen molar-refractivity contribution in [3.63, 3.8) is 0 Å². The van der Waals surface area contributed by atoms with Crippen LogP contribution in [-0.2, 0) is 24.6 Å². The third-order valence-electron chi connectivity index (χ3n) is 6.17. The molecule has 0 aromatic heterocycles. The highest BCUT2D eigenvalue weighted by Gasteiger charge is 2.33. The highest BCUT2D eigenvalue weighted by molar-refractivity contribution is 6.29.